The topological polar surface area (TPSA) is 109 Å². The molecule has 0 unspecified atom stereocenters. The van der Waals surface area contributed by atoms with Crippen molar-refractivity contribution in [3.8, 4) is 0 Å². The fraction of sp³-hybridized carbons (Fsp3) is 0.250. The lowest BCUT2D eigenvalue weighted by atomic mass is 10.1. The van der Waals surface area contributed by atoms with Gasteiger partial charge in [0.2, 0.25) is 5.91 Å². The first-order valence-corrected chi connectivity index (χ1v) is 8.63. The van der Waals surface area contributed by atoms with E-state index in [4.69, 9.17) is 5.73 Å². The second-order valence-electron chi connectivity index (χ2n) is 6.11. The number of amides is 2. The van der Waals surface area contributed by atoms with Crippen LogP contribution in [0.5, 0.6) is 0 Å². The normalized spacial score (nSPS) is 10.6. The quantitative estimate of drug-likeness (QED) is 0.266. The molecule has 2 amide bonds. The van der Waals surface area contributed by atoms with Crippen LogP contribution in [0, 0.1) is 6.92 Å². The number of aryl methyl sites for hydroxylation is 1. The highest BCUT2D eigenvalue weighted by Gasteiger charge is 2.06. The maximum absolute atomic E-state index is 11.9. The van der Waals surface area contributed by atoms with Crippen molar-refractivity contribution in [2.45, 2.75) is 20.0 Å². The molecule has 0 heterocycles. The summed E-state index contributed by atoms with van der Waals surface area (Å²) in [6, 6.07) is 15.4. The summed E-state index contributed by atoms with van der Waals surface area (Å²) in [4.78, 5) is 26.8. The minimum atomic E-state index is -0.575. The van der Waals surface area contributed by atoms with Gasteiger partial charge in [-0.2, -0.15) is 0 Å². The van der Waals surface area contributed by atoms with Crippen LogP contribution in [0.1, 0.15) is 27.0 Å². The number of hydrogen-bond donors (Lipinski definition) is 4. The van der Waals surface area contributed by atoms with E-state index in [1.54, 1.807) is 19.2 Å². The summed E-state index contributed by atoms with van der Waals surface area (Å²) in [7, 11) is 1.72. The van der Waals surface area contributed by atoms with Crippen molar-refractivity contribution < 1.29 is 9.59 Å². The van der Waals surface area contributed by atoms with Gasteiger partial charge in [0.15, 0.2) is 5.96 Å². The fourth-order valence-electron chi connectivity index (χ4n) is 2.46. The molecule has 0 aliphatic rings. The number of halogens is 1. The Balaban J connectivity index is 0.00000392. The molecule has 2 aromatic rings. The fourth-order valence-corrected chi connectivity index (χ4v) is 2.46. The van der Waals surface area contributed by atoms with Crippen molar-refractivity contribution in [3.05, 3.63) is 70.8 Å². The summed E-state index contributed by atoms with van der Waals surface area (Å²) in [5, 5.41) is 8.96. The summed E-state index contributed by atoms with van der Waals surface area (Å²) in [6.45, 7) is 3.14. The lowest BCUT2D eigenvalue weighted by Crippen LogP contribution is -2.36. The van der Waals surface area contributed by atoms with Crippen molar-refractivity contribution in [2.75, 3.05) is 13.6 Å². The highest BCUT2D eigenvalue weighted by atomic mass is 127. The Bertz CT molecular complexity index is 822. The molecular formula is C20H26IN5O2. The molecule has 7 nitrogen and oxygen atoms in total. The van der Waals surface area contributed by atoms with Crippen molar-refractivity contribution in [3.63, 3.8) is 0 Å². The Hall–Kier alpha value is -2.62. The second kappa shape index (κ2) is 12.0. The first kappa shape index (κ1) is 23.4. The smallest absolute Gasteiger partial charge is 0.251 e. The van der Waals surface area contributed by atoms with E-state index in [0.717, 1.165) is 5.56 Å². The number of carbonyl (C=O) groups is 2. The number of aliphatic imine (C=N–C) groups is 1. The van der Waals surface area contributed by atoms with Gasteiger partial charge in [-0.3, -0.25) is 14.6 Å². The van der Waals surface area contributed by atoms with Crippen molar-refractivity contribution in [1.29, 1.82) is 0 Å². The predicted molar refractivity (Wildman–Crippen MR) is 122 cm³/mol. The zero-order valence-corrected chi connectivity index (χ0v) is 18.3. The van der Waals surface area contributed by atoms with E-state index in [2.05, 4.69) is 46.1 Å². The number of guanidine groups is 1. The van der Waals surface area contributed by atoms with Gasteiger partial charge in [-0.1, -0.05) is 42.0 Å². The summed E-state index contributed by atoms with van der Waals surface area (Å²) in [5.41, 5.74) is 8.89. The molecule has 0 atom stereocenters. The molecule has 0 bridgehead atoms. The van der Waals surface area contributed by atoms with Crippen molar-refractivity contribution in [1.82, 2.24) is 16.0 Å². The average Bonchev–Trinajstić information content (AvgIpc) is 2.66. The maximum atomic E-state index is 11.9. The highest BCUT2D eigenvalue weighted by Crippen LogP contribution is 2.05. The molecule has 150 valence electrons. The molecule has 0 aliphatic heterocycles. The highest BCUT2D eigenvalue weighted by molar-refractivity contribution is 14.0. The Kier molecular flexibility index (Phi) is 10.0. The van der Waals surface area contributed by atoms with Crippen molar-refractivity contribution >= 4 is 41.8 Å². The minimum Gasteiger partial charge on any atom is -0.368 e. The van der Waals surface area contributed by atoms with Crippen LogP contribution in [0.2, 0.25) is 0 Å². The number of nitrogens with zero attached hydrogens (tertiary/aromatic N) is 1. The molecule has 0 spiro atoms. The van der Waals surface area contributed by atoms with E-state index in [9.17, 15) is 9.59 Å². The molecule has 0 aliphatic carbocycles. The molecule has 0 aromatic heterocycles. The second-order valence-corrected chi connectivity index (χ2v) is 6.11. The maximum Gasteiger partial charge on any atom is 0.251 e. The van der Waals surface area contributed by atoms with Crippen LogP contribution in [0.4, 0.5) is 0 Å². The third-order valence-electron chi connectivity index (χ3n) is 3.87. The number of nitrogens with one attached hydrogen (secondary N) is 3. The van der Waals surface area contributed by atoms with E-state index in [-0.39, 0.29) is 36.4 Å². The van der Waals surface area contributed by atoms with E-state index >= 15 is 0 Å². The van der Waals surface area contributed by atoms with Gasteiger partial charge in [0, 0.05) is 25.7 Å². The van der Waals surface area contributed by atoms with Gasteiger partial charge in [-0.15, -0.1) is 24.0 Å². The van der Waals surface area contributed by atoms with Crippen LogP contribution >= 0.6 is 24.0 Å². The van der Waals surface area contributed by atoms with Gasteiger partial charge >= 0.3 is 0 Å². The molecule has 0 radical (unpaired) electrons. The molecule has 2 aromatic carbocycles. The Morgan fingerprint density at radius 3 is 2.18 bits per heavy atom. The van der Waals surface area contributed by atoms with Crippen LogP contribution in [-0.2, 0) is 17.9 Å². The van der Waals surface area contributed by atoms with Crippen LogP contribution in [0.25, 0.3) is 0 Å². The number of hydrogen-bond acceptors (Lipinski definition) is 3. The summed E-state index contributed by atoms with van der Waals surface area (Å²) >= 11 is 0. The lowest BCUT2D eigenvalue weighted by molar-refractivity contribution is -0.117. The third kappa shape index (κ3) is 7.95. The molecule has 0 fully saturated rings. The van der Waals surface area contributed by atoms with Gasteiger partial charge < -0.3 is 21.7 Å². The molecule has 28 heavy (non-hydrogen) atoms. The molecule has 0 saturated carbocycles. The van der Waals surface area contributed by atoms with E-state index in [1.165, 1.54) is 11.1 Å². The van der Waals surface area contributed by atoms with Gasteiger partial charge in [-0.05, 0) is 30.2 Å². The number of carbonyl (C=O) groups excluding carboxylic acids is 2. The zero-order valence-electron chi connectivity index (χ0n) is 16.0. The van der Waals surface area contributed by atoms with E-state index in [1.807, 2.05) is 18.2 Å². The summed E-state index contributed by atoms with van der Waals surface area (Å²) in [6.07, 6.45) is 0. The minimum absolute atomic E-state index is 0. The van der Waals surface area contributed by atoms with E-state index in [0.29, 0.717) is 24.6 Å². The first-order chi connectivity index (χ1) is 13.0. The molecule has 2 rings (SSSR count). The molecule has 8 heteroatoms. The molecule has 5 N–H and O–H groups in total. The Labute approximate surface area is 182 Å². The van der Waals surface area contributed by atoms with Crippen LogP contribution in [0.15, 0.2) is 53.5 Å². The SMILES string of the molecule is CN=C(NCc1ccc(C(=O)NCC(N)=O)cc1)NCc1cccc(C)c1.I. The molecular weight excluding hydrogens is 469 g/mol. The van der Waals surface area contributed by atoms with Crippen molar-refractivity contribution in [2.24, 2.45) is 10.7 Å². The largest absolute Gasteiger partial charge is 0.368 e. The first-order valence-electron chi connectivity index (χ1n) is 8.63. The van der Waals surface area contributed by atoms with Crippen LogP contribution < -0.4 is 21.7 Å². The number of benzene rings is 2. The Morgan fingerprint density at radius 1 is 0.964 bits per heavy atom. The average molecular weight is 495 g/mol. The standard InChI is InChI=1S/C20H25N5O2.HI/c1-14-4-3-5-16(10-14)12-25-20(22-2)24-11-15-6-8-17(9-7-15)19(27)23-13-18(21)26;/h3-10H,11-13H2,1-2H3,(H2,21,26)(H,23,27)(H2,22,24,25);1H. The Morgan fingerprint density at radius 2 is 1.61 bits per heavy atom. The van der Waals surface area contributed by atoms with Gasteiger partial charge in [-0.25, -0.2) is 0 Å². The molecule has 0 saturated heterocycles. The number of primary amides is 1. The van der Waals surface area contributed by atoms with Gasteiger partial charge in [0.25, 0.3) is 5.91 Å². The lowest BCUT2D eigenvalue weighted by Gasteiger charge is -2.12. The van der Waals surface area contributed by atoms with Gasteiger partial charge in [0.05, 0.1) is 6.54 Å². The van der Waals surface area contributed by atoms with Crippen LogP contribution in [-0.4, -0.2) is 31.4 Å². The monoisotopic (exact) mass is 495 g/mol. The summed E-state index contributed by atoms with van der Waals surface area (Å²) < 4.78 is 0. The predicted octanol–water partition coefficient (Wildman–Crippen LogP) is 1.69. The third-order valence-corrected chi connectivity index (χ3v) is 3.87. The van der Waals surface area contributed by atoms with Crippen LogP contribution in [0.3, 0.4) is 0 Å². The number of rotatable bonds is 7. The number of nitrogens with two attached hydrogens (primary N) is 1. The summed E-state index contributed by atoms with van der Waals surface area (Å²) in [5.74, 6) is -0.211. The van der Waals surface area contributed by atoms with Gasteiger partial charge in [0.1, 0.15) is 0 Å². The zero-order chi connectivity index (χ0) is 19.6. The van der Waals surface area contributed by atoms with E-state index < -0.39 is 5.91 Å².